The molecule has 1 amide bonds. The minimum absolute atomic E-state index is 0.0620. The van der Waals surface area contributed by atoms with Crippen molar-refractivity contribution in [2.45, 2.75) is 96.5 Å². The smallest absolute Gasteiger partial charge is 0.407 e. The Kier molecular flexibility index (Phi) is 6.29. The summed E-state index contributed by atoms with van der Waals surface area (Å²) in [7, 11) is -1.86. The second-order valence-corrected chi connectivity index (χ2v) is 15.8. The first-order valence-corrected chi connectivity index (χ1v) is 13.8. The van der Waals surface area contributed by atoms with Gasteiger partial charge in [-0.2, -0.15) is 0 Å². The summed E-state index contributed by atoms with van der Waals surface area (Å²) in [5.74, 6) is 0. The van der Waals surface area contributed by atoms with Gasteiger partial charge in [0.15, 0.2) is 8.32 Å². The Morgan fingerprint density at radius 3 is 2.57 bits per heavy atom. The molecule has 0 radical (unpaired) electrons. The maximum absolute atomic E-state index is 11.9. The molecule has 2 bridgehead atoms. The predicted molar refractivity (Wildman–Crippen MR) is 122 cm³/mol. The molecule has 0 unspecified atom stereocenters. The number of rotatable bonds is 4. The van der Waals surface area contributed by atoms with Crippen molar-refractivity contribution >= 4 is 20.1 Å². The lowest BCUT2D eigenvalue weighted by Gasteiger charge is -2.47. The molecule has 7 heteroatoms. The Morgan fingerprint density at radius 1 is 1.23 bits per heavy atom. The SMILES string of the molecule is CC(C)(C)OC(=O)NCc1ccc2c(c1)[C@H]1C[C@@H](N2)[C@H](O[Si](C)(C)C(C)(C)C)CO1. The zero-order valence-corrected chi connectivity index (χ0v) is 20.7. The molecular formula is C23H38N2O4Si. The molecular weight excluding hydrogens is 396 g/mol. The normalized spacial score (nSPS) is 23.9. The Balaban J connectivity index is 1.66. The van der Waals surface area contributed by atoms with Crippen molar-refractivity contribution in [3.63, 3.8) is 0 Å². The van der Waals surface area contributed by atoms with Crippen LogP contribution in [0.1, 0.15) is 65.2 Å². The number of benzene rings is 1. The summed E-state index contributed by atoms with van der Waals surface area (Å²) >= 11 is 0. The molecule has 0 aromatic heterocycles. The monoisotopic (exact) mass is 434 g/mol. The van der Waals surface area contributed by atoms with Crippen LogP contribution >= 0.6 is 0 Å². The molecule has 3 rings (SSSR count). The first kappa shape index (κ1) is 23.1. The first-order chi connectivity index (χ1) is 13.7. The summed E-state index contributed by atoms with van der Waals surface area (Å²) < 4.78 is 18.2. The quantitative estimate of drug-likeness (QED) is 0.625. The van der Waals surface area contributed by atoms with E-state index in [1.54, 1.807) is 0 Å². The largest absolute Gasteiger partial charge is 0.444 e. The Morgan fingerprint density at radius 2 is 1.93 bits per heavy atom. The van der Waals surface area contributed by atoms with Crippen LogP contribution in [0.5, 0.6) is 0 Å². The van der Waals surface area contributed by atoms with Crippen LogP contribution in [0, 0.1) is 0 Å². The third-order valence-electron chi connectivity index (χ3n) is 6.27. The van der Waals surface area contributed by atoms with E-state index < -0.39 is 20.0 Å². The van der Waals surface area contributed by atoms with Crippen LogP contribution in [0.4, 0.5) is 10.5 Å². The standard InChI is InChI=1S/C23H38N2O4Si/c1-22(2,3)28-21(26)24-13-15-9-10-17-16(11-15)19-12-18(25-17)20(14-27-19)29-30(7,8)23(4,5)6/h9-11,18-20,25H,12-14H2,1-8H3,(H,24,26)/t18-,19-,20-/m1/s1. The maximum atomic E-state index is 11.9. The zero-order valence-electron chi connectivity index (χ0n) is 19.7. The molecule has 2 N–H and O–H groups in total. The Labute approximate surface area is 182 Å². The summed E-state index contributed by atoms with van der Waals surface area (Å²) in [6.07, 6.45) is 0.628. The van der Waals surface area contributed by atoms with E-state index in [1.807, 2.05) is 26.8 Å². The van der Waals surface area contributed by atoms with Gasteiger partial charge in [-0.3, -0.25) is 0 Å². The molecule has 1 saturated heterocycles. The third kappa shape index (κ3) is 5.37. The maximum Gasteiger partial charge on any atom is 0.407 e. The minimum Gasteiger partial charge on any atom is -0.444 e. The van der Waals surface area contributed by atoms with Gasteiger partial charge in [0, 0.05) is 24.2 Å². The summed E-state index contributed by atoms with van der Waals surface area (Å²) in [5.41, 5.74) is 2.78. The van der Waals surface area contributed by atoms with Gasteiger partial charge in [0.05, 0.1) is 24.9 Å². The zero-order chi connectivity index (χ0) is 22.3. The fourth-order valence-electron chi connectivity index (χ4n) is 3.63. The van der Waals surface area contributed by atoms with Crippen molar-refractivity contribution in [3.05, 3.63) is 29.3 Å². The Hall–Kier alpha value is -1.57. The fourth-order valence-corrected chi connectivity index (χ4v) is 4.97. The van der Waals surface area contributed by atoms with Crippen LogP contribution in [-0.4, -0.2) is 38.8 Å². The highest BCUT2D eigenvalue weighted by atomic mass is 28.4. The van der Waals surface area contributed by atoms with Gasteiger partial charge >= 0.3 is 6.09 Å². The van der Waals surface area contributed by atoms with Crippen molar-refractivity contribution in [2.75, 3.05) is 11.9 Å². The second kappa shape index (κ2) is 8.17. The fraction of sp³-hybridized carbons (Fsp3) is 0.696. The van der Waals surface area contributed by atoms with Crippen LogP contribution in [0.2, 0.25) is 18.1 Å². The minimum atomic E-state index is -1.86. The van der Waals surface area contributed by atoms with Gasteiger partial charge in [0.25, 0.3) is 0 Å². The highest BCUT2D eigenvalue weighted by molar-refractivity contribution is 6.74. The van der Waals surface area contributed by atoms with Crippen molar-refractivity contribution in [1.29, 1.82) is 0 Å². The predicted octanol–water partition coefficient (Wildman–Crippen LogP) is 5.36. The topological polar surface area (TPSA) is 68.8 Å². The number of hydrogen-bond acceptors (Lipinski definition) is 5. The van der Waals surface area contributed by atoms with Crippen molar-refractivity contribution in [1.82, 2.24) is 5.32 Å². The van der Waals surface area contributed by atoms with E-state index in [0.29, 0.717) is 13.2 Å². The molecule has 30 heavy (non-hydrogen) atoms. The van der Waals surface area contributed by atoms with Crippen molar-refractivity contribution in [2.24, 2.45) is 0 Å². The molecule has 2 aliphatic heterocycles. The molecule has 1 aromatic carbocycles. The van der Waals surface area contributed by atoms with Crippen LogP contribution < -0.4 is 10.6 Å². The molecule has 3 atom stereocenters. The number of ether oxygens (including phenoxy) is 2. The number of carbonyl (C=O) groups is 1. The molecule has 0 spiro atoms. The van der Waals surface area contributed by atoms with E-state index in [4.69, 9.17) is 13.9 Å². The van der Waals surface area contributed by atoms with E-state index >= 15 is 0 Å². The van der Waals surface area contributed by atoms with Gasteiger partial charge in [-0.15, -0.1) is 0 Å². The molecule has 168 valence electrons. The van der Waals surface area contributed by atoms with E-state index in [-0.39, 0.29) is 23.3 Å². The van der Waals surface area contributed by atoms with Crippen LogP contribution in [0.3, 0.4) is 0 Å². The highest BCUT2D eigenvalue weighted by Gasteiger charge is 2.44. The number of carbonyl (C=O) groups excluding carboxylic acids is 1. The lowest BCUT2D eigenvalue weighted by molar-refractivity contribution is -0.0620. The van der Waals surface area contributed by atoms with Crippen molar-refractivity contribution < 1.29 is 18.7 Å². The molecule has 2 heterocycles. The van der Waals surface area contributed by atoms with Crippen LogP contribution in [0.15, 0.2) is 18.2 Å². The van der Waals surface area contributed by atoms with E-state index in [0.717, 1.165) is 23.2 Å². The average Bonchev–Trinajstić information content (AvgIpc) is 2.60. The van der Waals surface area contributed by atoms with E-state index in [2.05, 4.69) is 56.6 Å². The summed E-state index contributed by atoms with van der Waals surface area (Å²) in [6.45, 7) is 18.0. The van der Waals surface area contributed by atoms with Crippen LogP contribution in [-0.2, 0) is 20.4 Å². The number of hydrogen-bond donors (Lipinski definition) is 2. The summed E-state index contributed by atoms with van der Waals surface area (Å²) in [5, 5.41) is 6.68. The van der Waals surface area contributed by atoms with E-state index in [9.17, 15) is 4.79 Å². The number of nitrogens with one attached hydrogen (secondary N) is 2. The molecule has 6 nitrogen and oxygen atoms in total. The average molecular weight is 435 g/mol. The third-order valence-corrected chi connectivity index (χ3v) is 10.8. The molecule has 2 aliphatic rings. The molecule has 1 fully saturated rings. The number of fused-ring (bicyclic) bond motifs is 4. The number of amides is 1. The number of anilines is 1. The van der Waals surface area contributed by atoms with Crippen LogP contribution in [0.25, 0.3) is 0 Å². The Bertz CT molecular complexity index is 782. The van der Waals surface area contributed by atoms with Gasteiger partial charge in [-0.25, -0.2) is 4.79 Å². The van der Waals surface area contributed by atoms with Gasteiger partial charge in [0.2, 0.25) is 0 Å². The summed E-state index contributed by atoms with van der Waals surface area (Å²) in [6, 6.07) is 6.50. The van der Waals surface area contributed by atoms with Gasteiger partial charge < -0.3 is 24.5 Å². The highest BCUT2D eigenvalue weighted by Crippen LogP contribution is 2.43. The lowest BCUT2D eigenvalue weighted by Crippen LogP contribution is -2.54. The second-order valence-electron chi connectivity index (χ2n) is 11.0. The summed E-state index contributed by atoms with van der Waals surface area (Å²) in [4.78, 5) is 11.9. The first-order valence-electron chi connectivity index (χ1n) is 10.9. The number of alkyl carbamates (subject to hydrolysis) is 1. The molecule has 0 aliphatic carbocycles. The van der Waals surface area contributed by atoms with Gasteiger partial charge in [0.1, 0.15) is 5.60 Å². The van der Waals surface area contributed by atoms with Crippen molar-refractivity contribution in [3.8, 4) is 0 Å². The molecule has 1 aromatic rings. The van der Waals surface area contributed by atoms with E-state index in [1.165, 1.54) is 0 Å². The molecule has 0 saturated carbocycles. The van der Waals surface area contributed by atoms with Gasteiger partial charge in [-0.05, 0) is 56.6 Å². The lowest BCUT2D eigenvalue weighted by atomic mass is 9.89. The van der Waals surface area contributed by atoms with Gasteiger partial charge in [-0.1, -0.05) is 26.8 Å².